The van der Waals surface area contributed by atoms with Gasteiger partial charge in [0.05, 0.1) is 14.2 Å². The monoisotopic (exact) mass is 288 g/mol. The molecule has 5 heteroatoms. The number of ether oxygens (including phenoxy) is 2. The average Bonchev–Trinajstić information content (AvgIpc) is 2.49. The van der Waals surface area contributed by atoms with E-state index in [9.17, 15) is 5.11 Å². The predicted molar refractivity (Wildman–Crippen MR) is 84.6 cm³/mol. The lowest BCUT2D eigenvalue weighted by molar-refractivity contribution is 0.300. The molecule has 2 aromatic rings. The van der Waals surface area contributed by atoms with Crippen LogP contribution in [0.5, 0.6) is 11.5 Å². The summed E-state index contributed by atoms with van der Waals surface area (Å²) in [4.78, 5) is 0. The number of methoxy groups -OCH3 is 2. The van der Waals surface area contributed by atoms with Gasteiger partial charge in [0.25, 0.3) is 0 Å². The summed E-state index contributed by atoms with van der Waals surface area (Å²) >= 11 is 0. The summed E-state index contributed by atoms with van der Waals surface area (Å²) in [6.07, 6.45) is 0.446. The molecule has 0 aliphatic carbocycles. The minimum Gasteiger partial charge on any atom is -0.497 e. The Morgan fingerprint density at radius 2 is 1.76 bits per heavy atom. The first kappa shape index (κ1) is 15.0. The van der Waals surface area contributed by atoms with Crippen molar-refractivity contribution >= 4 is 11.4 Å². The van der Waals surface area contributed by atoms with E-state index >= 15 is 0 Å². The maximum Gasteiger partial charge on any atom is 0.126 e. The molecule has 5 nitrogen and oxygen atoms in total. The standard InChI is InChI=1S/C16H20N2O3/c1-20-11-3-4-16(21-2)14(9-11)13-7-10(17)8-15(18)12(13)5-6-19/h3-4,7-9,19H,5-6,17-18H2,1-2H3. The van der Waals surface area contributed by atoms with E-state index in [2.05, 4.69) is 0 Å². The fraction of sp³-hybridized carbons (Fsp3) is 0.250. The summed E-state index contributed by atoms with van der Waals surface area (Å²) in [6.45, 7) is 0.00734. The third-order valence-corrected chi connectivity index (χ3v) is 3.37. The van der Waals surface area contributed by atoms with Crippen molar-refractivity contribution in [3.05, 3.63) is 35.9 Å². The van der Waals surface area contributed by atoms with Crippen LogP contribution in [-0.2, 0) is 6.42 Å². The first-order valence-electron chi connectivity index (χ1n) is 6.61. The number of hydrogen-bond donors (Lipinski definition) is 3. The SMILES string of the molecule is COc1ccc(OC)c(-c2cc(N)cc(N)c2CCO)c1. The third kappa shape index (κ3) is 3.03. The summed E-state index contributed by atoms with van der Waals surface area (Å²) in [5, 5.41) is 9.27. The molecule has 0 saturated carbocycles. The highest BCUT2D eigenvalue weighted by Gasteiger charge is 2.15. The largest absolute Gasteiger partial charge is 0.497 e. The number of aliphatic hydroxyl groups excluding tert-OH is 1. The second-order valence-electron chi connectivity index (χ2n) is 4.68. The Kier molecular flexibility index (Phi) is 4.55. The Hall–Kier alpha value is -2.40. The van der Waals surface area contributed by atoms with Crippen LogP contribution in [0.25, 0.3) is 11.1 Å². The lowest BCUT2D eigenvalue weighted by Crippen LogP contribution is -2.03. The maximum absolute atomic E-state index is 9.27. The number of hydrogen-bond acceptors (Lipinski definition) is 5. The number of anilines is 2. The number of rotatable bonds is 5. The Balaban J connectivity index is 2.70. The van der Waals surface area contributed by atoms with Crippen LogP contribution in [0.15, 0.2) is 30.3 Å². The topological polar surface area (TPSA) is 90.7 Å². The maximum atomic E-state index is 9.27. The molecule has 0 aliphatic rings. The van der Waals surface area contributed by atoms with E-state index in [1.807, 2.05) is 24.3 Å². The van der Waals surface area contributed by atoms with E-state index in [0.717, 1.165) is 16.7 Å². The summed E-state index contributed by atoms with van der Waals surface area (Å²) in [7, 11) is 3.21. The van der Waals surface area contributed by atoms with Gasteiger partial charge >= 0.3 is 0 Å². The molecule has 2 aromatic carbocycles. The molecule has 0 aromatic heterocycles. The quantitative estimate of drug-likeness (QED) is 0.733. The smallest absolute Gasteiger partial charge is 0.126 e. The van der Waals surface area contributed by atoms with Crippen molar-refractivity contribution in [1.82, 2.24) is 0 Å². The van der Waals surface area contributed by atoms with Crippen molar-refractivity contribution in [3.8, 4) is 22.6 Å². The number of aliphatic hydroxyl groups is 1. The molecular formula is C16H20N2O3. The van der Waals surface area contributed by atoms with Gasteiger partial charge in [-0.15, -0.1) is 0 Å². The van der Waals surface area contributed by atoms with Crippen LogP contribution < -0.4 is 20.9 Å². The molecule has 0 atom stereocenters. The second kappa shape index (κ2) is 6.37. The summed E-state index contributed by atoms with van der Waals surface area (Å²) in [5.41, 5.74) is 15.6. The molecule has 0 amide bonds. The molecule has 0 spiro atoms. The molecule has 0 heterocycles. The molecule has 0 fully saturated rings. The molecular weight excluding hydrogens is 268 g/mol. The fourth-order valence-electron chi connectivity index (χ4n) is 2.37. The van der Waals surface area contributed by atoms with Crippen LogP contribution in [0, 0.1) is 0 Å². The molecule has 0 radical (unpaired) electrons. The van der Waals surface area contributed by atoms with Crippen LogP contribution in [0.2, 0.25) is 0 Å². The average molecular weight is 288 g/mol. The van der Waals surface area contributed by atoms with Gasteiger partial charge in [0.2, 0.25) is 0 Å². The van der Waals surface area contributed by atoms with Gasteiger partial charge in [0, 0.05) is 23.5 Å². The summed E-state index contributed by atoms with van der Waals surface area (Å²) < 4.78 is 10.7. The fourth-order valence-corrected chi connectivity index (χ4v) is 2.37. The third-order valence-electron chi connectivity index (χ3n) is 3.37. The van der Waals surface area contributed by atoms with E-state index < -0.39 is 0 Å². The Morgan fingerprint density at radius 1 is 1.00 bits per heavy atom. The van der Waals surface area contributed by atoms with Gasteiger partial charge in [-0.3, -0.25) is 0 Å². The second-order valence-corrected chi connectivity index (χ2v) is 4.68. The molecule has 112 valence electrons. The molecule has 5 N–H and O–H groups in total. The zero-order valence-corrected chi connectivity index (χ0v) is 12.2. The van der Waals surface area contributed by atoms with E-state index in [4.69, 9.17) is 20.9 Å². The van der Waals surface area contributed by atoms with Gasteiger partial charge < -0.3 is 26.0 Å². The molecule has 0 saturated heterocycles. The van der Waals surface area contributed by atoms with Crippen LogP contribution in [-0.4, -0.2) is 25.9 Å². The lowest BCUT2D eigenvalue weighted by Gasteiger charge is -2.16. The summed E-state index contributed by atoms with van der Waals surface area (Å²) in [6, 6.07) is 9.05. The highest BCUT2D eigenvalue weighted by molar-refractivity contribution is 5.81. The van der Waals surface area contributed by atoms with Gasteiger partial charge in [0.1, 0.15) is 11.5 Å². The van der Waals surface area contributed by atoms with Gasteiger partial charge in [-0.05, 0) is 47.9 Å². The zero-order valence-electron chi connectivity index (χ0n) is 12.2. The minimum absolute atomic E-state index is 0.00734. The first-order valence-corrected chi connectivity index (χ1v) is 6.61. The number of nitrogen functional groups attached to an aromatic ring is 2. The molecule has 21 heavy (non-hydrogen) atoms. The molecule has 0 unspecified atom stereocenters. The van der Waals surface area contributed by atoms with Gasteiger partial charge in [-0.2, -0.15) is 0 Å². The summed E-state index contributed by atoms with van der Waals surface area (Å²) in [5.74, 6) is 1.40. The van der Waals surface area contributed by atoms with Crippen LogP contribution in [0.3, 0.4) is 0 Å². The van der Waals surface area contributed by atoms with Gasteiger partial charge in [-0.25, -0.2) is 0 Å². The van der Waals surface area contributed by atoms with E-state index in [-0.39, 0.29) is 6.61 Å². The van der Waals surface area contributed by atoms with E-state index in [1.165, 1.54) is 0 Å². The van der Waals surface area contributed by atoms with Gasteiger partial charge in [0.15, 0.2) is 0 Å². The molecule has 0 aliphatic heterocycles. The Morgan fingerprint density at radius 3 is 2.38 bits per heavy atom. The normalized spacial score (nSPS) is 10.4. The zero-order chi connectivity index (χ0) is 15.4. The Bertz CT molecular complexity index is 642. The van der Waals surface area contributed by atoms with Crippen molar-refractivity contribution in [3.63, 3.8) is 0 Å². The number of nitrogens with two attached hydrogens (primary N) is 2. The van der Waals surface area contributed by atoms with Crippen molar-refractivity contribution in [1.29, 1.82) is 0 Å². The van der Waals surface area contributed by atoms with E-state index in [1.54, 1.807) is 20.3 Å². The Labute approximate surface area is 124 Å². The highest BCUT2D eigenvalue weighted by atomic mass is 16.5. The van der Waals surface area contributed by atoms with E-state index in [0.29, 0.717) is 29.3 Å². The van der Waals surface area contributed by atoms with Crippen molar-refractivity contribution in [2.75, 3.05) is 32.3 Å². The molecule has 0 bridgehead atoms. The van der Waals surface area contributed by atoms with Crippen LogP contribution in [0.4, 0.5) is 11.4 Å². The highest BCUT2D eigenvalue weighted by Crippen LogP contribution is 2.38. The predicted octanol–water partition coefficient (Wildman–Crippen LogP) is 2.07. The van der Waals surface area contributed by atoms with Crippen LogP contribution >= 0.6 is 0 Å². The van der Waals surface area contributed by atoms with Crippen molar-refractivity contribution in [2.24, 2.45) is 0 Å². The number of benzene rings is 2. The minimum atomic E-state index is 0.00734. The van der Waals surface area contributed by atoms with Crippen molar-refractivity contribution < 1.29 is 14.6 Å². The van der Waals surface area contributed by atoms with Crippen molar-refractivity contribution in [2.45, 2.75) is 6.42 Å². The lowest BCUT2D eigenvalue weighted by atomic mass is 9.94. The first-order chi connectivity index (χ1) is 10.1. The van der Waals surface area contributed by atoms with Gasteiger partial charge in [-0.1, -0.05) is 0 Å². The van der Waals surface area contributed by atoms with Crippen LogP contribution in [0.1, 0.15) is 5.56 Å². The molecule has 2 rings (SSSR count).